The molecule has 0 radical (unpaired) electrons. The van der Waals surface area contributed by atoms with E-state index in [9.17, 15) is 13.8 Å². The van der Waals surface area contributed by atoms with Gasteiger partial charge in [-0.1, -0.05) is 19.9 Å². The molecule has 0 bridgehead atoms. The Balaban J connectivity index is 2.96. The fourth-order valence-corrected chi connectivity index (χ4v) is 3.60. The second-order valence-electron chi connectivity index (χ2n) is 5.03. The van der Waals surface area contributed by atoms with Crippen LogP contribution >= 0.6 is 0 Å². The number of hydrogen-bond donors (Lipinski definition) is 2. The smallest absolute Gasteiger partial charge is 0.319 e. The standard InChI is InChI=1S/C14H19NO4S/c1-8(2)12(14(17)18)20(19)7-11-5-4-10(13(15)16)6-9(11)3/h4-6,8,12H,7H2,1-3H3,(H2,15,16)(H,17,18). The third-order valence-corrected chi connectivity index (χ3v) is 4.96. The van der Waals surface area contributed by atoms with Crippen LogP contribution in [0, 0.1) is 12.8 Å². The minimum atomic E-state index is -1.51. The molecule has 110 valence electrons. The molecule has 0 fully saturated rings. The Labute approximate surface area is 120 Å². The van der Waals surface area contributed by atoms with Gasteiger partial charge in [0.15, 0.2) is 0 Å². The SMILES string of the molecule is Cc1cc(C(N)=O)ccc1CS(=O)C(C(=O)O)C(C)C. The minimum absolute atomic E-state index is 0.153. The van der Waals surface area contributed by atoms with Crippen LogP contribution < -0.4 is 5.73 Å². The number of amides is 1. The lowest BCUT2D eigenvalue weighted by Gasteiger charge is -2.16. The average molecular weight is 297 g/mol. The van der Waals surface area contributed by atoms with Gasteiger partial charge in [0.1, 0.15) is 5.25 Å². The molecule has 3 N–H and O–H groups in total. The molecule has 6 heteroatoms. The quantitative estimate of drug-likeness (QED) is 0.830. The Hall–Kier alpha value is -1.69. The van der Waals surface area contributed by atoms with E-state index in [1.54, 1.807) is 39.0 Å². The van der Waals surface area contributed by atoms with Gasteiger partial charge < -0.3 is 10.8 Å². The van der Waals surface area contributed by atoms with E-state index in [1.807, 2.05) is 0 Å². The summed E-state index contributed by atoms with van der Waals surface area (Å²) >= 11 is 0. The van der Waals surface area contributed by atoms with Crippen LogP contribution in [-0.4, -0.2) is 26.4 Å². The molecule has 0 aliphatic heterocycles. The zero-order valence-corrected chi connectivity index (χ0v) is 12.6. The summed E-state index contributed by atoms with van der Waals surface area (Å²) in [6.45, 7) is 5.25. The van der Waals surface area contributed by atoms with Crippen molar-refractivity contribution in [2.24, 2.45) is 11.7 Å². The molecule has 20 heavy (non-hydrogen) atoms. The van der Waals surface area contributed by atoms with E-state index in [2.05, 4.69) is 0 Å². The third kappa shape index (κ3) is 3.90. The summed E-state index contributed by atoms with van der Waals surface area (Å²) < 4.78 is 12.2. The van der Waals surface area contributed by atoms with Crippen molar-refractivity contribution in [2.75, 3.05) is 0 Å². The fraction of sp³-hybridized carbons (Fsp3) is 0.429. The van der Waals surface area contributed by atoms with Crippen LogP contribution in [0.25, 0.3) is 0 Å². The Morgan fingerprint density at radius 2 is 1.95 bits per heavy atom. The van der Waals surface area contributed by atoms with Crippen molar-refractivity contribution in [1.82, 2.24) is 0 Å². The normalized spacial score (nSPS) is 14.0. The molecule has 1 aromatic rings. The second-order valence-corrected chi connectivity index (χ2v) is 6.59. The third-order valence-electron chi connectivity index (χ3n) is 3.06. The van der Waals surface area contributed by atoms with E-state index in [1.165, 1.54) is 0 Å². The number of carbonyl (C=O) groups is 2. The number of rotatable bonds is 6. The molecule has 1 aromatic carbocycles. The molecule has 1 rings (SSSR count). The molecular weight excluding hydrogens is 278 g/mol. The first-order valence-corrected chi connectivity index (χ1v) is 7.61. The molecule has 0 saturated carbocycles. The van der Waals surface area contributed by atoms with Crippen LogP contribution in [0.15, 0.2) is 18.2 Å². The van der Waals surface area contributed by atoms with Crippen LogP contribution in [-0.2, 0) is 21.3 Å². The molecule has 0 aliphatic carbocycles. The Morgan fingerprint density at radius 3 is 2.35 bits per heavy atom. The van der Waals surface area contributed by atoms with E-state index >= 15 is 0 Å². The number of aryl methyl sites for hydroxylation is 1. The van der Waals surface area contributed by atoms with Crippen molar-refractivity contribution in [3.63, 3.8) is 0 Å². The van der Waals surface area contributed by atoms with Crippen molar-refractivity contribution in [1.29, 1.82) is 0 Å². The minimum Gasteiger partial charge on any atom is -0.480 e. The Bertz CT molecular complexity index is 554. The van der Waals surface area contributed by atoms with E-state index in [-0.39, 0.29) is 11.7 Å². The number of carboxylic acids is 1. The fourth-order valence-electron chi connectivity index (χ4n) is 1.96. The van der Waals surface area contributed by atoms with Gasteiger partial charge in [-0.2, -0.15) is 0 Å². The average Bonchev–Trinajstić information content (AvgIpc) is 2.30. The lowest BCUT2D eigenvalue weighted by Crippen LogP contribution is -2.31. The van der Waals surface area contributed by atoms with Gasteiger partial charge in [0.05, 0.1) is 0 Å². The van der Waals surface area contributed by atoms with Crippen LogP contribution in [0.4, 0.5) is 0 Å². The van der Waals surface area contributed by atoms with Crippen LogP contribution in [0.1, 0.15) is 35.3 Å². The highest BCUT2D eigenvalue weighted by molar-refractivity contribution is 7.85. The van der Waals surface area contributed by atoms with Gasteiger partial charge in [0.2, 0.25) is 5.91 Å². The van der Waals surface area contributed by atoms with Crippen LogP contribution in [0.5, 0.6) is 0 Å². The van der Waals surface area contributed by atoms with E-state index in [4.69, 9.17) is 10.8 Å². The lowest BCUT2D eigenvalue weighted by atomic mass is 10.1. The molecule has 2 unspecified atom stereocenters. The van der Waals surface area contributed by atoms with Crippen molar-refractivity contribution in [3.05, 3.63) is 34.9 Å². The summed E-state index contributed by atoms with van der Waals surface area (Å²) in [6.07, 6.45) is 0. The summed E-state index contributed by atoms with van der Waals surface area (Å²) in [6, 6.07) is 4.86. The lowest BCUT2D eigenvalue weighted by molar-refractivity contribution is -0.137. The zero-order chi connectivity index (χ0) is 15.4. The van der Waals surface area contributed by atoms with E-state index < -0.39 is 27.9 Å². The van der Waals surface area contributed by atoms with Crippen molar-refractivity contribution >= 4 is 22.7 Å². The number of benzene rings is 1. The number of aliphatic carboxylic acids is 1. The van der Waals surface area contributed by atoms with Crippen LogP contribution in [0.2, 0.25) is 0 Å². The predicted octanol–water partition coefficient (Wildman–Crippen LogP) is 1.45. The van der Waals surface area contributed by atoms with Crippen molar-refractivity contribution in [2.45, 2.75) is 31.8 Å². The molecule has 0 heterocycles. The molecule has 0 aliphatic rings. The summed E-state index contributed by atoms with van der Waals surface area (Å²) in [7, 11) is -1.51. The van der Waals surface area contributed by atoms with Gasteiger partial charge in [0.25, 0.3) is 0 Å². The van der Waals surface area contributed by atoms with Crippen molar-refractivity contribution in [3.8, 4) is 0 Å². The molecule has 0 spiro atoms. The highest BCUT2D eigenvalue weighted by Gasteiger charge is 2.28. The first kappa shape index (κ1) is 16.4. The maximum absolute atomic E-state index is 12.2. The maximum atomic E-state index is 12.2. The number of hydrogen-bond acceptors (Lipinski definition) is 3. The second kappa shape index (κ2) is 6.65. The molecule has 5 nitrogen and oxygen atoms in total. The van der Waals surface area contributed by atoms with Crippen LogP contribution in [0.3, 0.4) is 0 Å². The Kier molecular flexibility index (Phi) is 5.44. The van der Waals surface area contributed by atoms with Gasteiger partial charge >= 0.3 is 5.97 Å². The summed E-state index contributed by atoms with van der Waals surface area (Å²) in [5.41, 5.74) is 7.11. The topological polar surface area (TPSA) is 97.5 Å². The molecule has 2 atom stereocenters. The zero-order valence-electron chi connectivity index (χ0n) is 11.8. The molecule has 0 saturated heterocycles. The largest absolute Gasteiger partial charge is 0.480 e. The van der Waals surface area contributed by atoms with Gasteiger partial charge in [-0.3, -0.25) is 13.8 Å². The summed E-state index contributed by atoms with van der Waals surface area (Å²) in [5.74, 6) is -1.63. The van der Waals surface area contributed by atoms with Crippen molar-refractivity contribution < 1.29 is 18.9 Å². The predicted molar refractivity (Wildman–Crippen MR) is 77.8 cm³/mol. The monoisotopic (exact) mass is 297 g/mol. The van der Waals surface area contributed by atoms with Gasteiger partial charge in [-0.25, -0.2) is 0 Å². The molecule has 0 aromatic heterocycles. The van der Waals surface area contributed by atoms with Gasteiger partial charge in [0, 0.05) is 22.1 Å². The highest BCUT2D eigenvalue weighted by atomic mass is 32.2. The number of carbonyl (C=O) groups excluding carboxylic acids is 1. The van der Waals surface area contributed by atoms with E-state index in [0.29, 0.717) is 5.56 Å². The number of carboxylic acid groups (broad SMARTS) is 1. The number of primary amides is 1. The van der Waals surface area contributed by atoms with E-state index in [0.717, 1.165) is 11.1 Å². The van der Waals surface area contributed by atoms with Gasteiger partial charge in [-0.15, -0.1) is 0 Å². The maximum Gasteiger partial charge on any atom is 0.319 e. The first-order valence-electron chi connectivity index (χ1n) is 6.23. The first-order chi connectivity index (χ1) is 9.23. The summed E-state index contributed by atoms with van der Waals surface area (Å²) in [5, 5.41) is 8.23. The van der Waals surface area contributed by atoms with Gasteiger partial charge in [-0.05, 0) is 36.1 Å². The molecule has 1 amide bonds. The number of nitrogens with two attached hydrogens (primary N) is 1. The highest BCUT2D eigenvalue weighted by Crippen LogP contribution is 2.18. The summed E-state index contributed by atoms with van der Waals surface area (Å²) in [4.78, 5) is 22.2. The molecular formula is C14H19NO4S. The Morgan fingerprint density at radius 1 is 1.35 bits per heavy atom.